The quantitative estimate of drug-likeness (QED) is 0.101. The lowest BCUT2D eigenvalue weighted by atomic mass is 9.95. The Morgan fingerprint density at radius 3 is 1.88 bits per heavy atom. The third kappa shape index (κ3) is 15.6. The van der Waals surface area contributed by atoms with E-state index in [1.54, 1.807) is 62.3 Å². The molecule has 52 heavy (non-hydrogen) atoms. The Hall–Kier alpha value is -4.14. The minimum absolute atomic E-state index is 0.0144. The van der Waals surface area contributed by atoms with Crippen molar-refractivity contribution in [1.82, 2.24) is 21.3 Å². The first-order valence-electron chi connectivity index (χ1n) is 17.1. The molecule has 0 saturated heterocycles. The molecule has 0 bridgehead atoms. The predicted molar refractivity (Wildman–Crippen MR) is 201 cm³/mol. The van der Waals surface area contributed by atoms with Gasteiger partial charge in [-0.05, 0) is 79.0 Å². The van der Waals surface area contributed by atoms with E-state index in [-0.39, 0.29) is 24.1 Å². The number of methoxy groups -OCH3 is 1. The van der Waals surface area contributed by atoms with Crippen molar-refractivity contribution in [2.45, 2.75) is 110 Å². The summed E-state index contributed by atoms with van der Waals surface area (Å²) in [6, 6.07) is 13.8. The highest BCUT2D eigenvalue weighted by Gasteiger charge is 2.36. The molecule has 0 aliphatic carbocycles. The molecule has 14 heteroatoms. The fraction of sp³-hybridized carbons (Fsp3) is 0.553. The van der Waals surface area contributed by atoms with Crippen molar-refractivity contribution in [2.75, 3.05) is 25.3 Å². The normalized spacial score (nSPS) is 14.2. The van der Waals surface area contributed by atoms with E-state index < -0.39 is 64.9 Å². The van der Waals surface area contributed by atoms with Gasteiger partial charge in [0.05, 0.1) is 36.9 Å². The standard InChI is InChI=1S/C38H56N4O9S/c1-24(50-37(6,7)8)31(33(45)40-29(34(46)48-11)21-49-36(3,4)5)42-32(44)30(22-52-23-39-25(2)43)41-35(47)51-38(9,10)28-19-17-27(18-20-28)26-15-13-12-14-16-26/h12-20,24,29-31H,21-23H2,1-11H3,(H,39,43)(H,40,45)(H,41,47)(H,42,44)/t24-,29-,30+,31+/m0/s1. The van der Waals surface area contributed by atoms with Crippen LogP contribution in [0.25, 0.3) is 11.1 Å². The van der Waals surface area contributed by atoms with Crippen LogP contribution in [0.1, 0.15) is 74.8 Å². The summed E-state index contributed by atoms with van der Waals surface area (Å²) in [5.74, 6) is -2.27. The Labute approximate surface area is 312 Å². The number of hydrogen-bond donors (Lipinski definition) is 4. The number of esters is 1. The Morgan fingerprint density at radius 2 is 1.35 bits per heavy atom. The van der Waals surface area contributed by atoms with E-state index in [9.17, 15) is 24.0 Å². The zero-order chi connectivity index (χ0) is 39.3. The molecule has 2 aromatic carbocycles. The fourth-order valence-corrected chi connectivity index (χ4v) is 5.74. The highest BCUT2D eigenvalue weighted by molar-refractivity contribution is 7.99. The molecule has 4 N–H and O–H groups in total. The van der Waals surface area contributed by atoms with E-state index in [1.807, 2.05) is 54.6 Å². The first-order chi connectivity index (χ1) is 24.1. The van der Waals surface area contributed by atoms with Crippen molar-refractivity contribution in [3.63, 3.8) is 0 Å². The lowest BCUT2D eigenvalue weighted by Crippen LogP contribution is -2.61. The van der Waals surface area contributed by atoms with Crippen molar-refractivity contribution in [3.05, 3.63) is 60.2 Å². The van der Waals surface area contributed by atoms with E-state index >= 15 is 0 Å². The molecule has 2 rings (SSSR count). The van der Waals surface area contributed by atoms with Gasteiger partial charge in [-0.15, -0.1) is 11.8 Å². The first kappa shape index (κ1) is 44.0. The van der Waals surface area contributed by atoms with Gasteiger partial charge in [-0.3, -0.25) is 14.4 Å². The SMILES string of the molecule is COC(=O)[C@H](COC(C)(C)C)NC(=O)[C@H](NC(=O)[C@@H](CSCNC(C)=O)NC(=O)OC(C)(C)c1ccc(-c2ccccc2)cc1)[C@H](C)OC(C)(C)C. The zero-order valence-electron chi connectivity index (χ0n) is 32.2. The van der Waals surface area contributed by atoms with Gasteiger partial charge in [0.15, 0.2) is 6.04 Å². The van der Waals surface area contributed by atoms with Gasteiger partial charge in [-0.25, -0.2) is 9.59 Å². The van der Waals surface area contributed by atoms with Crippen LogP contribution in [0.2, 0.25) is 0 Å². The lowest BCUT2D eigenvalue weighted by Gasteiger charge is -2.33. The molecule has 0 fully saturated rings. The maximum atomic E-state index is 13.9. The number of amides is 4. The average molecular weight is 745 g/mol. The summed E-state index contributed by atoms with van der Waals surface area (Å²) in [5, 5.41) is 10.6. The molecule has 13 nitrogen and oxygen atoms in total. The van der Waals surface area contributed by atoms with Crippen molar-refractivity contribution in [2.24, 2.45) is 0 Å². The molecule has 0 spiro atoms. The number of thioether (sulfide) groups is 1. The molecule has 2 aromatic rings. The van der Waals surface area contributed by atoms with E-state index in [0.29, 0.717) is 0 Å². The number of rotatable bonds is 17. The molecule has 0 aliphatic rings. The van der Waals surface area contributed by atoms with E-state index in [0.717, 1.165) is 16.7 Å². The number of carbonyl (C=O) groups excluding carboxylic acids is 5. The van der Waals surface area contributed by atoms with Crippen LogP contribution < -0.4 is 21.3 Å². The zero-order valence-corrected chi connectivity index (χ0v) is 33.0. The maximum absolute atomic E-state index is 13.9. The van der Waals surface area contributed by atoms with Crippen LogP contribution in [0.15, 0.2) is 54.6 Å². The van der Waals surface area contributed by atoms with E-state index in [1.165, 1.54) is 25.8 Å². The minimum atomic E-state index is -1.31. The van der Waals surface area contributed by atoms with Crippen molar-refractivity contribution in [3.8, 4) is 11.1 Å². The van der Waals surface area contributed by atoms with Crippen molar-refractivity contribution in [1.29, 1.82) is 0 Å². The van der Waals surface area contributed by atoms with Crippen LogP contribution in [-0.4, -0.2) is 90.6 Å². The molecule has 0 aromatic heterocycles. The molecule has 0 radical (unpaired) electrons. The summed E-state index contributed by atoms with van der Waals surface area (Å²) < 4.78 is 22.5. The van der Waals surface area contributed by atoms with Gasteiger partial charge < -0.3 is 40.2 Å². The van der Waals surface area contributed by atoms with Crippen LogP contribution >= 0.6 is 11.8 Å². The Balaban J connectivity index is 2.31. The Kier molecular flexibility index (Phi) is 16.6. The summed E-state index contributed by atoms with van der Waals surface area (Å²) in [6.45, 7) is 17.1. The van der Waals surface area contributed by atoms with Crippen LogP contribution in [-0.2, 0) is 43.7 Å². The Bertz CT molecular complexity index is 1490. The van der Waals surface area contributed by atoms with E-state index in [4.69, 9.17) is 18.9 Å². The molecule has 0 heterocycles. The molecule has 0 unspecified atom stereocenters. The van der Waals surface area contributed by atoms with Crippen LogP contribution in [0, 0.1) is 0 Å². The summed E-state index contributed by atoms with van der Waals surface area (Å²) in [6.07, 6.45) is -1.76. The number of ether oxygens (including phenoxy) is 4. The maximum Gasteiger partial charge on any atom is 0.408 e. The average Bonchev–Trinajstić information content (AvgIpc) is 3.05. The largest absolute Gasteiger partial charge is 0.467 e. The number of alkyl carbamates (subject to hydrolysis) is 1. The van der Waals surface area contributed by atoms with Gasteiger partial charge >= 0.3 is 12.1 Å². The van der Waals surface area contributed by atoms with Gasteiger partial charge in [0.1, 0.15) is 17.7 Å². The fourth-order valence-electron chi connectivity index (χ4n) is 4.85. The molecule has 0 saturated carbocycles. The van der Waals surface area contributed by atoms with E-state index in [2.05, 4.69) is 21.3 Å². The minimum Gasteiger partial charge on any atom is -0.467 e. The molecular formula is C38H56N4O9S. The molecule has 4 amide bonds. The van der Waals surface area contributed by atoms with Gasteiger partial charge in [-0.1, -0.05) is 54.6 Å². The second kappa shape index (κ2) is 19.6. The highest BCUT2D eigenvalue weighted by Crippen LogP contribution is 2.28. The molecule has 4 atom stereocenters. The van der Waals surface area contributed by atoms with Gasteiger partial charge in [-0.2, -0.15) is 0 Å². The molecular weight excluding hydrogens is 689 g/mol. The number of benzene rings is 2. The second-order valence-corrected chi connectivity index (χ2v) is 15.7. The van der Waals surface area contributed by atoms with Gasteiger partial charge in [0, 0.05) is 12.7 Å². The molecule has 0 aliphatic heterocycles. The monoisotopic (exact) mass is 744 g/mol. The third-order valence-electron chi connectivity index (χ3n) is 7.43. The van der Waals surface area contributed by atoms with Gasteiger partial charge in [0.2, 0.25) is 17.7 Å². The highest BCUT2D eigenvalue weighted by atomic mass is 32.2. The smallest absolute Gasteiger partial charge is 0.408 e. The number of nitrogens with one attached hydrogen (secondary N) is 4. The predicted octanol–water partition coefficient (Wildman–Crippen LogP) is 4.67. The summed E-state index contributed by atoms with van der Waals surface area (Å²) >= 11 is 1.18. The topological polar surface area (TPSA) is 170 Å². The number of carbonyl (C=O) groups is 5. The van der Waals surface area contributed by atoms with Crippen molar-refractivity contribution >= 4 is 41.5 Å². The number of hydrogen-bond acceptors (Lipinski definition) is 10. The summed E-state index contributed by atoms with van der Waals surface area (Å²) in [5.41, 5.74) is 0.365. The van der Waals surface area contributed by atoms with Crippen LogP contribution in [0.5, 0.6) is 0 Å². The lowest BCUT2D eigenvalue weighted by molar-refractivity contribution is -0.150. The molecule has 288 valence electrons. The summed E-state index contributed by atoms with van der Waals surface area (Å²) in [7, 11) is 1.19. The summed E-state index contributed by atoms with van der Waals surface area (Å²) in [4.78, 5) is 65.1. The second-order valence-electron chi connectivity index (χ2n) is 14.7. The first-order valence-corrected chi connectivity index (χ1v) is 18.3. The van der Waals surface area contributed by atoms with Crippen LogP contribution in [0.4, 0.5) is 4.79 Å². The van der Waals surface area contributed by atoms with Crippen LogP contribution in [0.3, 0.4) is 0 Å². The third-order valence-corrected chi connectivity index (χ3v) is 8.34. The Morgan fingerprint density at radius 1 is 0.750 bits per heavy atom. The van der Waals surface area contributed by atoms with Gasteiger partial charge in [0.25, 0.3) is 0 Å². The van der Waals surface area contributed by atoms with Crippen molar-refractivity contribution < 1.29 is 42.9 Å².